The van der Waals surface area contributed by atoms with Gasteiger partial charge in [-0.2, -0.15) is 16.8 Å². The zero-order valence-corrected chi connectivity index (χ0v) is 10.2. The Labute approximate surface area is 95.3 Å². The monoisotopic (exact) mass is 273 g/mol. The largest absolute Gasteiger partial charge is 0.297 e. The van der Waals surface area contributed by atoms with Gasteiger partial charge >= 0.3 is 0 Å². The molecule has 9 heteroatoms. The van der Waals surface area contributed by atoms with Crippen LogP contribution in [0.25, 0.3) is 0 Å². The second-order valence-corrected chi connectivity index (χ2v) is 6.31. The van der Waals surface area contributed by atoms with Crippen LogP contribution in [0.5, 0.6) is 0 Å². The normalized spacial score (nSPS) is 12.9. The molecule has 0 aliphatic carbocycles. The standard InChI is InChI=1S/C7H15NO6S2/c1-2-3-8(4-6-15(9,10)11)5-7-16(12,13)14/h2H,1,3-7H2,(H,9,10,11)(H,12,13,14). The Morgan fingerprint density at radius 2 is 1.38 bits per heavy atom. The molecule has 0 heterocycles. The van der Waals surface area contributed by atoms with Crippen molar-refractivity contribution in [1.82, 2.24) is 4.90 Å². The molecule has 0 atom stereocenters. The van der Waals surface area contributed by atoms with E-state index in [-0.39, 0.29) is 19.6 Å². The van der Waals surface area contributed by atoms with Crippen LogP contribution >= 0.6 is 0 Å². The molecule has 2 N–H and O–H groups in total. The first-order valence-corrected chi connectivity index (χ1v) is 7.59. The molecular weight excluding hydrogens is 258 g/mol. The van der Waals surface area contributed by atoms with Gasteiger partial charge in [0.15, 0.2) is 0 Å². The van der Waals surface area contributed by atoms with Gasteiger partial charge in [-0.25, -0.2) is 0 Å². The molecule has 0 aromatic heterocycles. The van der Waals surface area contributed by atoms with Gasteiger partial charge in [-0.3, -0.25) is 14.0 Å². The van der Waals surface area contributed by atoms with Crippen molar-refractivity contribution in [1.29, 1.82) is 0 Å². The highest BCUT2D eigenvalue weighted by atomic mass is 32.2. The van der Waals surface area contributed by atoms with Crippen molar-refractivity contribution in [3.63, 3.8) is 0 Å². The van der Waals surface area contributed by atoms with Gasteiger partial charge in [0.25, 0.3) is 20.2 Å². The van der Waals surface area contributed by atoms with Gasteiger partial charge in [-0.1, -0.05) is 6.08 Å². The second-order valence-electron chi connectivity index (χ2n) is 3.16. The minimum absolute atomic E-state index is 0.0274. The Morgan fingerprint density at radius 3 is 1.62 bits per heavy atom. The summed E-state index contributed by atoms with van der Waals surface area (Å²) in [5, 5.41) is 0. The average molecular weight is 273 g/mol. The van der Waals surface area contributed by atoms with E-state index >= 15 is 0 Å². The van der Waals surface area contributed by atoms with E-state index in [4.69, 9.17) is 9.11 Å². The summed E-state index contributed by atoms with van der Waals surface area (Å²) in [4.78, 5) is 1.44. The van der Waals surface area contributed by atoms with Crippen LogP contribution in [0, 0.1) is 0 Å². The molecule has 0 saturated carbocycles. The number of hydrogen-bond donors (Lipinski definition) is 2. The highest BCUT2D eigenvalue weighted by molar-refractivity contribution is 7.86. The zero-order chi connectivity index (χ0) is 12.8. The van der Waals surface area contributed by atoms with Gasteiger partial charge in [-0.05, 0) is 0 Å². The van der Waals surface area contributed by atoms with E-state index in [1.165, 1.54) is 11.0 Å². The maximum atomic E-state index is 10.5. The molecule has 0 spiro atoms. The molecule has 0 aromatic rings. The first kappa shape index (κ1) is 15.5. The van der Waals surface area contributed by atoms with E-state index < -0.39 is 31.7 Å². The maximum Gasteiger partial charge on any atom is 0.266 e. The fraction of sp³-hybridized carbons (Fsp3) is 0.714. The van der Waals surface area contributed by atoms with E-state index in [2.05, 4.69) is 6.58 Å². The lowest BCUT2D eigenvalue weighted by Gasteiger charge is -2.18. The molecule has 0 aliphatic heterocycles. The fourth-order valence-corrected chi connectivity index (χ4v) is 1.94. The number of nitrogens with zero attached hydrogens (tertiary/aromatic N) is 1. The van der Waals surface area contributed by atoms with Gasteiger partial charge < -0.3 is 0 Å². The molecule has 0 bridgehead atoms. The molecule has 0 aromatic carbocycles. The van der Waals surface area contributed by atoms with Gasteiger partial charge in [0.2, 0.25) is 0 Å². The second kappa shape index (κ2) is 6.30. The molecule has 0 rings (SSSR count). The molecule has 0 unspecified atom stereocenters. The van der Waals surface area contributed by atoms with Crippen LogP contribution in [-0.2, 0) is 20.2 Å². The summed E-state index contributed by atoms with van der Waals surface area (Å²) in [5.41, 5.74) is 0. The first-order valence-electron chi connectivity index (χ1n) is 4.37. The van der Waals surface area contributed by atoms with Crippen molar-refractivity contribution < 1.29 is 25.9 Å². The van der Waals surface area contributed by atoms with Crippen LogP contribution in [0.15, 0.2) is 12.7 Å². The lowest BCUT2D eigenvalue weighted by Crippen LogP contribution is -2.33. The zero-order valence-electron chi connectivity index (χ0n) is 8.61. The van der Waals surface area contributed by atoms with Gasteiger partial charge in [0.1, 0.15) is 0 Å². The van der Waals surface area contributed by atoms with E-state index in [0.29, 0.717) is 0 Å². The van der Waals surface area contributed by atoms with Crippen LogP contribution in [0.4, 0.5) is 0 Å². The predicted octanol–water partition coefficient (Wildman–Crippen LogP) is -0.750. The van der Waals surface area contributed by atoms with Crippen molar-refractivity contribution in [2.24, 2.45) is 0 Å². The van der Waals surface area contributed by atoms with Crippen LogP contribution in [-0.4, -0.2) is 62.0 Å². The molecule has 0 radical (unpaired) electrons. The highest BCUT2D eigenvalue weighted by Crippen LogP contribution is 1.94. The van der Waals surface area contributed by atoms with E-state index in [1.54, 1.807) is 0 Å². The molecular formula is C7H15NO6S2. The first-order chi connectivity index (χ1) is 7.14. The third-order valence-electron chi connectivity index (χ3n) is 1.72. The Balaban J connectivity index is 4.23. The van der Waals surface area contributed by atoms with Gasteiger partial charge in [-0.15, -0.1) is 6.58 Å². The van der Waals surface area contributed by atoms with Crippen LogP contribution in [0.1, 0.15) is 0 Å². The predicted molar refractivity (Wildman–Crippen MR) is 59.5 cm³/mol. The van der Waals surface area contributed by atoms with Crippen LogP contribution < -0.4 is 0 Å². The van der Waals surface area contributed by atoms with Crippen molar-refractivity contribution in [3.05, 3.63) is 12.7 Å². The van der Waals surface area contributed by atoms with Gasteiger partial charge in [0, 0.05) is 19.6 Å². The Bertz CT molecular complexity index is 376. The summed E-state index contributed by atoms with van der Waals surface area (Å²) in [6, 6.07) is 0. The smallest absolute Gasteiger partial charge is 0.266 e. The summed E-state index contributed by atoms with van der Waals surface area (Å²) in [6.07, 6.45) is 1.47. The minimum Gasteiger partial charge on any atom is -0.297 e. The molecule has 0 saturated heterocycles. The number of hydrogen-bond acceptors (Lipinski definition) is 5. The summed E-state index contributed by atoms with van der Waals surface area (Å²) in [5.74, 6) is -0.987. The quantitative estimate of drug-likeness (QED) is 0.442. The Morgan fingerprint density at radius 1 is 1.00 bits per heavy atom. The SMILES string of the molecule is C=CCN(CCS(=O)(=O)O)CCS(=O)(=O)O. The van der Waals surface area contributed by atoms with E-state index in [0.717, 1.165) is 0 Å². The Kier molecular flexibility index (Phi) is 6.11. The summed E-state index contributed by atoms with van der Waals surface area (Å²) in [7, 11) is -8.16. The number of rotatable bonds is 8. The van der Waals surface area contributed by atoms with Crippen molar-refractivity contribution in [2.75, 3.05) is 31.1 Å². The minimum atomic E-state index is -4.08. The van der Waals surface area contributed by atoms with E-state index in [1.807, 2.05) is 0 Å². The molecule has 7 nitrogen and oxygen atoms in total. The maximum absolute atomic E-state index is 10.5. The lowest BCUT2D eigenvalue weighted by molar-refractivity contribution is 0.331. The van der Waals surface area contributed by atoms with Crippen LogP contribution in [0.3, 0.4) is 0 Å². The van der Waals surface area contributed by atoms with Crippen molar-refractivity contribution >= 4 is 20.2 Å². The van der Waals surface area contributed by atoms with Crippen LogP contribution in [0.2, 0.25) is 0 Å². The third kappa shape index (κ3) is 10.1. The summed E-state index contributed by atoms with van der Waals surface area (Å²) < 4.78 is 58.9. The topological polar surface area (TPSA) is 112 Å². The molecule has 0 fully saturated rings. The molecule has 96 valence electrons. The average Bonchev–Trinajstić information content (AvgIpc) is 2.07. The summed E-state index contributed by atoms with van der Waals surface area (Å²) >= 11 is 0. The molecule has 0 aliphatic rings. The molecule has 0 amide bonds. The Hall–Kier alpha value is -0.480. The fourth-order valence-electron chi connectivity index (χ4n) is 0.966. The van der Waals surface area contributed by atoms with E-state index in [9.17, 15) is 16.8 Å². The third-order valence-corrected chi connectivity index (χ3v) is 3.12. The van der Waals surface area contributed by atoms with Gasteiger partial charge in [0.05, 0.1) is 11.5 Å². The van der Waals surface area contributed by atoms with Crippen molar-refractivity contribution in [3.8, 4) is 0 Å². The summed E-state index contributed by atoms with van der Waals surface area (Å²) in [6.45, 7) is 3.64. The molecule has 16 heavy (non-hydrogen) atoms. The highest BCUT2D eigenvalue weighted by Gasteiger charge is 2.12. The van der Waals surface area contributed by atoms with Crippen molar-refractivity contribution in [2.45, 2.75) is 0 Å². The lowest BCUT2D eigenvalue weighted by atomic mass is 10.5.